The van der Waals surface area contributed by atoms with Gasteiger partial charge in [0.15, 0.2) is 0 Å². The highest BCUT2D eigenvalue weighted by atomic mass is 35.6. The summed E-state index contributed by atoms with van der Waals surface area (Å²) in [6, 6.07) is 35.9. The Balaban J connectivity index is 1.86. The second-order valence-electron chi connectivity index (χ2n) is 12.0. The Kier molecular flexibility index (Phi) is 5.85. The number of hydrogen-bond donors (Lipinski definition) is 0. The summed E-state index contributed by atoms with van der Waals surface area (Å²) in [6.45, 7) is 13.8. The minimum atomic E-state index is -2.76. The van der Waals surface area contributed by atoms with E-state index < -0.39 is 7.38 Å². The van der Waals surface area contributed by atoms with E-state index in [1.54, 1.807) is 0 Å². The predicted molar refractivity (Wildman–Crippen MR) is 155 cm³/mol. The average molecular weight is 495 g/mol. The van der Waals surface area contributed by atoms with Crippen molar-refractivity contribution in [2.24, 2.45) is 0 Å². The lowest BCUT2D eigenvalue weighted by atomic mass is 9.85. The lowest BCUT2D eigenvalue weighted by Gasteiger charge is -2.34. The van der Waals surface area contributed by atoms with Gasteiger partial charge in [0.1, 0.15) is 0 Å². The van der Waals surface area contributed by atoms with Crippen LogP contribution < -0.4 is 10.4 Å². The summed E-state index contributed by atoms with van der Waals surface area (Å²) >= 11 is 8.12. The zero-order chi connectivity index (χ0) is 25.0. The molecule has 2 heteroatoms. The van der Waals surface area contributed by atoms with Crippen molar-refractivity contribution in [2.45, 2.75) is 57.9 Å². The van der Waals surface area contributed by atoms with Gasteiger partial charge in [0.05, 0.1) is 0 Å². The van der Waals surface area contributed by atoms with Gasteiger partial charge in [-0.05, 0) is 54.6 Å². The van der Waals surface area contributed by atoms with Gasteiger partial charge < -0.3 is 0 Å². The van der Waals surface area contributed by atoms with E-state index in [-0.39, 0.29) is 16.4 Å². The average Bonchev–Trinajstić information content (AvgIpc) is 3.17. The standard InChI is InChI=1S/C33H35ClSi/c1-32(2,3)23-17-19-27-28-20-18-24(33(4,5)6)22-30(28)31(29(27)21-23)35(34,25-13-9-7-10-14-25)26-15-11-8-12-16-26/h7-22,31H,1-6H3. The van der Waals surface area contributed by atoms with E-state index in [1.165, 1.54) is 43.8 Å². The highest BCUT2D eigenvalue weighted by Gasteiger charge is 2.49. The molecule has 0 spiro atoms. The summed E-state index contributed by atoms with van der Waals surface area (Å²) in [5.41, 5.74) is 8.43. The van der Waals surface area contributed by atoms with E-state index in [9.17, 15) is 0 Å². The Labute approximate surface area is 216 Å². The topological polar surface area (TPSA) is 0 Å². The maximum atomic E-state index is 8.12. The molecule has 0 saturated heterocycles. The molecule has 0 nitrogen and oxygen atoms in total. The molecule has 4 aromatic carbocycles. The highest BCUT2D eigenvalue weighted by molar-refractivity contribution is 7.35. The quantitative estimate of drug-likeness (QED) is 0.200. The highest BCUT2D eigenvalue weighted by Crippen LogP contribution is 2.51. The number of benzene rings is 4. The van der Waals surface area contributed by atoms with Gasteiger partial charge in [-0.15, -0.1) is 0 Å². The molecule has 0 radical (unpaired) electrons. The summed E-state index contributed by atoms with van der Waals surface area (Å²) < 4.78 is 0. The van der Waals surface area contributed by atoms with Crippen molar-refractivity contribution in [3.05, 3.63) is 119 Å². The fourth-order valence-electron chi connectivity index (χ4n) is 5.48. The minimum absolute atomic E-state index is 0.0704. The smallest absolute Gasteiger partial charge is 0.154 e. The fraction of sp³-hybridized carbons (Fsp3) is 0.273. The molecule has 178 valence electrons. The number of fused-ring (bicyclic) bond motifs is 3. The van der Waals surface area contributed by atoms with Gasteiger partial charge in [-0.2, -0.15) is 11.1 Å². The number of halogens is 1. The van der Waals surface area contributed by atoms with Crippen molar-refractivity contribution < 1.29 is 0 Å². The van der Waals surface area contributed by atoms with Crippen molar-refractivity contribution in [3.63, 3.8) is 0 Å². The Bertz CT molecular complexity index is 1260. The van der Waals surface area contributed by atoms with E-state index in [1.807, 2.05) is 0 Å². The first-order valence-electron chi connectivity index (χ1n) is 12.6. The van der Waals surface area contributed by atoms with Crippen LogP contribution in [0, 0.1) is 0 Å². The molecule has 0 aliphatic heterocycles. The van der Waals surface area contributed by atoms with Crippen LogP contribution >= 0.6 is 11.1 Å². The van der Waals surface area contributed by atoms with Gasteiger partial charge in [0, 0.05) is 5.54 Å². The van der Waals surface area contributed by atoms with E-state index in [4.69, 9.17) is 11.1 Å². The zero-order valence-electron chi connectivity index (χ0n) is 21.7. The van der Waals surface area contributed by atoms with E-state index in [0.717, 1.165) is 0 Å². The second-order valence-corrected chi connectivity index (χ2v) is 16.9. The molecule has 1 aliphatic carbocycles. The number of rotatable bonds is 3. The van der Waals surface area contributed by atoms with Gasteiger partial charge in [-0.1, -0.05) is 139 Å². The number of hydrogen-bond acceptors (Lipinski definition) is 0. The third-order valence-corrected chi connectivity index (χ3v) is 13.3. The first-order chi connectivity index (χ1) is 16.5. The van der Waals surface area contributed by atoms with Crippen LogP contribution in [0.25, 0.3) is 11.1 Å². The Morgan fingerprint density at radius 3 is 1.26 bits per heavy atom. The summed E-state index contributed by atoms with van der Waals surface area (Å²) in [4.78, 5) is 0. The summed E-state index contributed by atoms with van der Waals surface area (Å²) in [7, 11) is -2.76. The molecule has 0 amide bonds. The Hall–Kier alpha value is -2.61. The molecule has 35 heavy (non-hydrogen) atoms. The van der Waals surface area contributed by atoms with Crippen LogP contribution in [-0.2, 0) is 10.8 Å². The van der Waals surface area contributed by atoms with Gasteiger partial charge >= 0.3 is 0 Å². The van der Waals surface area contributed by atoms with Crippen LogP contribution in [0.4, 0.5) is 0 Å². The van der Waals surface area contributed by atoms with Crippen LogP contribution in [0.3, 0.4) is 0 Å². The summed E-state index contributed by atoms with van der Waals surface area (Å²) in [5.74, 6) is 0. The molecular weight excluding hydrogens is 460 g/mol. The third-order valence-electron chi connectivity index (χ3n) is 7.53. The summed E-state index contributed by atoms with van der Waals surface area (Å²) in [6.07, 6.45) is 0. The van der Waals surface area contributed by atoms with Crippen molar-refractivity contribution >= 4 is 28.8 Å². The van der Waals surface area contributed by atoms with Crippen LogP contribution in [0.1, 0.15) is 69.3 Å². The van der Waals surface area contributed by atoms with Crippen molar-refractivity contribution in [2.75, 3.05) is 0 Å². The van der Waals surface area contributed by atoms with Gasteiger partial charge in [0.2, 0.25) is 7.38 Å². The lowest BCUT2D eigenvalue weighted by Crippen LogP contribution is -2.58. The van der Waals surface area contributed by atoms with E-state index in [0.29, 0.717) is 0 Å². The first-order valence-corrected chi connectivity index (χ1v) is 15.7. The predicted octanol–water partition coefficient (Wildman–Crippen LogP) is 7.93. The van der Waals surface area contributed by atoms with E-state index >= 15 is 0 Å². The Morgan fingerprint density at radius 1 is 0.543 bits per heavy atom. The maximum absolute atomic E-state index is 8.12. The lowest BCUT2D eigenvalue weighted by molar-refractivity contribution is 0.589. The fourth-order valence-corrected chi connectivity index (χ4v) is 10.6. The first kappa shape index (κ1) is 24.1. The molecule has 0 N–H and O–H groups in total. The van der Waals surface area contributed by atoms with E-state index in [2.05, 4.69) is 139 Å². The van der Waals surface area contributed by atoms with Gasteiger partial charge in [-0.3, -0.25) is 0 Å². The molecule has 5 rings (SSSR count). The van der Waals surface area contributed by atoms with Crippen LogP contribution in [0.15, 0.2) is 97.1 Å². The SMILES string of the molecule is CC(C)(C)c1ccc2c(c1)C([Si](Cl)(c1ccccc1)c1ccccc1)c1cc(C(C)(C)C)ccc1-2. The van der Waals surface area contributed by atoms with Crippen molar-refractivity contribution in [1.29, 1.82) is 0 Å². The van der Waals surface area contributed by atoms with Crippen LogP contribution in [0.2, 0.25) is 0 Å². The molecule has 0 atom stereocenters. The summed E-state index contributed by atoms with van der Waals surface area (Å²) in [5, 5.41) is 2.53. The van der Waals surface area contributed by atoms with Crippen molar-refractivity contribution in [1.82, 2.24) is 0 Å². The second kappa shape index (κ2) is 8.50. The van der Waals surface area contributed by atoms with Gasteiger partial charge in [-0.25, -0.2) is 0 Å². The van der Waals surface area contributed by atoms with Gasteiger partial charge in [0.25, 0.3) is 0 Å². The molecule has 0 fully saturated rings. The molecular formula is C33H35ClSi. The molecule has 1 aliphatic rings. The largest absolute Gasteiger partial charge is 0.229 e. The third kappa shape index (κ3) is 4.09. The molecule has 0 unspecified atom stereocenters. The molecule has 0 aromatic heterocycles. The minimum Gasteiger partial charge on any atom is -0.154 e. The molecule has 0 bridgehead atoms. The van der Waals surface area contributed by atoms with Crippen LogP contribution in [-0.4, -0.2) is 7.38 Å². The maximum Gasteiger partial charge on any atom is 0.229 e. The monoisotopic (exact) mass is 494 g/mol. The molecule has 0 saturated carbocycles. The zero-order valence-corrected chi connectivity index (χ0v) is 23.4. The van der Waals surface area contributed by atoms with Crippen LogP contribution in [0.5, 0.6) is 0 Å². The Morgan fingerprint density at radius 2 is 0.914 bits per heavy atom. The molecule has 4 aromatic rings. The van der Waals surface area contributed by atoms with Crippen molar-refractivity contribution in [3.8, 4) is 11.1 Å². The molecule has 0 heterocycles. The normalized spacial score (nSPS) is 14.0.